The minimum Gasteiger partial charge on any atom is -0.388 e. The van der Waals surface area contributed by atoms with Crippen molar-refractivity contribution >= 4 is 11.0 Å². The Morgan fingerprint density at radius 1 is 1.43 bits per heavy atom. The molecule has 0 saturated carbocycles. The molecule has 0 aliphatic heterocycles. The molecule has 72 valence electrons. The van der Waals surface area contributed by atoms with E-state index in [0.29, 0.717) is 12.4 Å². The SMILES string of the molecule is C=CCn1c(CO)nc2ccccc21. The predicted molar refractivity (Wildman–Crippen MR) is 55.9 cm³/mol. The number of fused-ring (bicyclic) bond motifs is 1. The van der Waals surface area contributed by atoms with Gasteiger partial charge in [-0.25, -0.2) is 4.98 Å². The van der Waals surface area contributed by atoms with Crippen LogP contribution in [0.2, 0.25) is 0 Å². The lowest BCUT2D eigenvalue weighted by atomic mass is 10.3. The van der Waals surface area contributed by atoms with Crippen molar-refractivity contribution in [2.24, 2.45) is 0 Å². The quantitative estimate of drug-likeness (QED) is 0.745. The molecule has 2 rings (SSSR count). The fourth-order valence-electron chi connectivity index (χ4n) is 1.58. The molecule has 3 nitrogen and oxygen atoms in total. The largest absolute Gasteiger partial charge is 0.388 e. The number of hydrogen-bond donors (Lipinski definition) is 1. The third kappa shape index (κ3) is 1.32. The molecular formula is C11H12N2O. The van der Waals surface area contributed by atoms with Crippen LogP contribution in [0.1, 0.15) is 5.82 Å². The topological polar surface area (TPSA) is 38.0 Å². The number of imidazole rings is 1. The van der Waals surface area contributed by atoms with Gasteiger partial charge in [0.25, 0.3) is 0 Å². The zero-order valence-corrected chi connectivity index (χ0v) is 7.85. The molecule has 1 heterocycles. The van der Waals surface area contributed by atoms with E-state index in [0.717, 1.165) is 11.0 Å². The first kappa shape index (κ1) is 8.97. The second-order valence-electron chi connectivity index (χ2n) is 3.07. The van der Waals surface area contributed by atoms with Crippen LogP contribution < -0.4 is 0 Å². The maximum absolute atomic E-state index is 9.13. The Labute approximate surface area is 82.3 Å². The van der Waals surface area contributed by atoms with Gasteiger partial charge >= 0.3 is 0 Å². The van der Waals surface area contributed by atoms with Crippen LogP contribution in [0.5, 0.6) is 0 Å². The summed E-state index contributed by atoms with van der Waals surface area (Å²) in [7, 11) is 0. The average molecular weight is 188 g/mol. The van der Waals surface area contributed by atoms with Crippen LogP contribution >= 0.6 is 0 Å². The molecule has 0 aliphatic carbocycles. The Morgan fingerprint density at radius 2 is 2.21 bits per heavy atom. The number of aliphatic hydroxyl groups is 1. The predicted octanol–water partition coefficient (Wildman–Crippen LogP) is 1.71. The first-order valence-electron chi connectivity index (χ1n) is 4.52. The minimum atomic E-state index is -0.0392. The van der Waals surface area contributed by atoms with Gasteiger partial charge in [-0.05, 0) is 12.1 Å². The molecule has 0 amide bonds. The number of allylic oxidation sites excluding steroid dienone is 1. The molecule has 14 heavy (non-hydrogen) atoms. The normalized spacial score (nSPS) is 10.6. The summed E-state index contributed by atoms with van der Waals surface area (Å²) in [6, 6.07) is 7.83. The zero-order chi connectivity index (χ0) is 9.97. The van der Waals surface area contributed by atoms with Crippen molar-refractivity contribution in [2.45, 2.75) is 13.2 Å². The Morgan fingerprint density at radius 3 is 2.93 bits per heavy atom. The summed E-state index contributed by atoms with van der Waals surface area (Å²) in [4.78, 5) is 4.31. The van der Waals surface area contributed by atoms with E-state index in [1.165, 1.54) is 0 Å². The summed E-state index contributed by atoms with van der Waals surface area (Å²) in [5, 5.41) is 9.13. The van der Waals surface area contributed by atoms with E-state index in [9.17, 15) is 0 Å². The van der Waals surface area contributed by atoms with Crippen molar-refractivity contribution in [2.75, 3.05) is 0 Å². The van der Waals surface area contributed by atoms with Gasteiger partial charge in [0.1, 0.15) is 12.4 Å². The third-order valence-corrected chi connectivity index (χ3v) is 2.19. The second kappa shape index (κ2) is 3.64. The fraction of sp³-hybridized carbons (Fsp3) is 0.182. The molecule has 0 bridgehead atoms. The van der Waals surface area contributed by atoms with Crippen LogP contribution in [0, 0.1) is 0 Å². The molecule has 0 atom stereocenters. The van der Waals surface area contributed by atoms with Gasteiger partial charge in [0, 0.05) is 6.54 Å². The summed E-state index contributed by atoms with van der Waals surface area (Å²) in [6.07, 6.45) is 1.80. The maximum atomic E-state index is 9.13. The lowest BCUT2D eigenvalue weighted by Crippen LogP contribution is -2.01. The van der Waals surface area contributed by atoms with E-state index in [1.54, 1.807) is 6.08 Å². The lowest BCUT2D eigenvalue weighted by Gasteiger charge is -2.02. The van der Waals surface area contributed by atoms with Gasteiger partial charge in [-0.1, -0.05) is 18.2 Å². The maximum Gasteiger partial charge on any atom is 0.135 e. The number of rotatable bonds is 3. The highest BCUT2D eigenvalue weighted by atomic mass is 16.3. The molecule has 0 aliphatic rings. The molecule has 0 spiro atoms. The Hall–Kier alpha value is -1.61. The second-order valence-corrected chi connectivity index (χ2v) is 3.07. The Kier molecular flexibility index (Phi) is 2.33. The summed E-state index contributed by atoms with van der Waals surface area (Å²) in [5.41, 5.74) is 1.95. The van der Waals surface area contributed by atoms with Crippen molar-refractivity contribution in [1.82, 2.24) is 9.55 Å². The smallest absolute Gasteiger partial charge is 0.135 e. The van der Waals surface area contributed by atoms with Gasteiger partial charge in [0.2, 0.25) is 0 Å². The standard InChI is InChI=1S/C11H12N2O/c1-2-7-13-10-6-4-3-5-9(10)12-11(13)8-14/h2-6,14H,1,7-8H2. The van der Waals surface area contributed by atoms with Gasteiger partial charge < -0.3 is 9.67 Å². The molecule has 1 N–H and O–H groups in total. The highest BCUT2D eigenvalue weighted by molar-refractivity contribution is 5.75. The monoisotopic (exact) mass is 188 g/mol. The number of nitrogens with zero attached hydrogens (tertiary/aromatic N) is 2. The van der Waals surface area contributed by atoms with Crippen LogP contribution in [0.4, 0.5) is 0 Å². The fourth-order valence-corrected chi connectivity index (χ4v) is 1.58. The number of aliphatic hydroxyl groups excluding tert-OH is 1. The Bertz CT molecular complexity index is 459. The van der Waals surface area contributed by atoms with Crippen LogP contribution in [0.15, 0.2) is 36.9 Å². The molecule has 0 fully saturated rings. The van der Waals surface area contributed by atoms with E-state index in [-0.39, 0.29) is 6.61 Å². The van der Waals surface area contributed by atoms with Gasteiger partial charge in [-0.3, -0.25) is 0 Å². The average Bonchev–Trinajstić information content (AvgIpc) is 2.58. The van der Waals surface area contributed by atoms with Crippen molar-refractivity contribution < 1.29 is 5.11 Å². The summed E-state index contributed by atoms with van der Waals surface area (Å²) in [6.45, 7) is 4.33. The van der Waals surface area contributed by atoms with Crippen molar-refractivity contribution in [3.63, 3.8) is 0 Å². The summed E-state index contributed by atoms with van der Waals surface area (Å²) >= 11 is 0. The van der Waals surface area contributed by atoms with Gasteiger partial charge in [0.15, 0.2) is 0 Å². The van der Waals surface area contributed by atoms with E-state index >= 15 is 0 Å². The molecule has 0 saturated heterocycles. The molecular weight excluding hydrogens is 176 g/mol. The third-order valence-electron chi connectivity index (χ3n) is 2.19. The van der Waals surface area contributed by atoms with E-state index in [4.69, 9.17) is 5.11 Å². The molecule has 1 aromatic heterocycles. The van der Waals surface area contributed by atoms with Crippen LogP contribution in [-0.4, -0.2) is 14.7 Å². The first-order valence-corrected chi connectivity index (χ1v) is 4.52. The minimum absolute atomic E-state index is 0.0392. The van der Waals surface area contributed by atoms with E-state index in [1.807, 2.05) is 28.8 Å². The van der Waals surface area contributed by atoms with Crippen molar-refractivity contribution in [3.8, 4) is 0 Å². The van der Waals surface area contributed by atoms with Crippen LogP contribution in [0.3, 0.4) is 0 Å². The van der Waals surface area contributed by atoms with Crippen molar-refractivity contribution in [3.05, 3.63) is 42.7 Å². The lowest BCUT2D eigenvalue weighted by molar-refractivity contribution is 0.267. The van der Waals surface area contributed by atoms with Crippen molar-refractivity contribution in [1.29, 1.82) is 0 Å². The van der Waals surface area contributed by atoms with E-state index < -0.39 is 0 Å². The molecule has 0 unspecified atom stereocenters. The highest BCUT2D eigenvalue weighted by Gasteiger charge is 2.06. The van der Waals surface area contributed by atoms with Gasteiger partial charge in [0.05, 0.1) is 11.0 Å². The van der Waals surface area contributed by atoms with Crippen LogP contribution in [0.25, 0.3) is 11.0 Å². The van der Waals surface area contributed by atoms with Gasteiger partial charge in [-0.15, -0.1) is 6.58 Å². The van der Waals surface area contributed by atoms with Crippen LogP contribution in [-0.2, 0) is 13.2 Å². The summed E-state index contributed by atoms with van der Waals surface area (Å²) < 4.78 is 1.96. The molecule has 3 heteroatoms. The van der Waals surface area contributed by atoms with Gasteiger partial charge in [-0.2, -0.15) is 0 Å². The zero-order valence-electron chi connectivity index (χ0n) is 7.85. The number of hydrogen-bond acceptors (Lipinski definition) is 2. The Balaban J connectivity index is 2.67. The molecule has 1 aromatic carbocycles. The highest BCUT2D eigenvalue weighted by Crippen LogP contribution is 2.15. The molecule has 0 radical (unpaired) electrons. The summed E-state index contributed by atoms with van der Waals surface area (Å²) in [5.74, 6) is 0.686. The number of para-hydroxylation sites is 2. The number of aromatic nitrogens is 2. The van der Waals surface area contributed by atoms with E-state index in [2.05, 4.69) is 11.6 Å². The number of benzene rings is 1. The first-order chi connectivity index (χ1) is 6.86. The molecule has 2 aromatic rings.